The van der Waals surface area contributed by atoms with Crippen molar-refractivity contribution in [2.75, 3.05) is 12.5 Å². The van der Waals surface area contributed by atoms with Crippen LogP contribution in [0.3, 0.4) is 0 Å². The Hall–Kier alpha value is -4.44. The lowest BCUT2D eigenvalue weighted by atomic mass is 10.3. The number of nitrogens with zero attached hydrogens (tertiary/aromatic N) is 6. The van der Waals surface area contributed by atoms with Gasteiger partial charge in [-0.25, -0.2) is 16.8 Å². The fourth-order valence-electron chi connectivity index (χ4n) is 2.80. The Morgan fingerprint density at radius 2 is 0.917 bits per heavy atom. The molecule has 4 rings (SSSR count). The minimum Gasteiger partial charge on any atom is -0.358 e. The molecule has 2 aromatic heterocycles. The highest BCUT2D eigenvalue weighted by atomic mass is 32.2. The Bertz CT molecular complexity index is 1500. The van der Waals surface area contributed by atoms with E-state index in [-0.39, 0.29) is 21.4 Å². The van der Waals surface area contributed by atoms with E-state index in [0.29, 0.717) is 11.4 Å². The van der Waals surface area contributed by atoms with E-state index in [0.717, 1.165) is 12.5 Å². The Kier molecular flexibility index (Phi) is 7.30. The molecule has 0 bridgehead atoms. The third-order valence-electron chi connectivity index (χ3n) is 4.58. The molecule has 4 aromatic rings. The minimum absolute atomic E-state index is 0.188. The highest BCUT2D eigenvalue weighted by Crippen LogP contribution is 2.16. The topological polar surface area (TPSA) is 190 Å². The van der Waals surface area contributed by atoms with Crippen LogP contribution in [0.1, 0.15) is 0 Å². The quantitative estimate of drug-likeness (QED) is 0.262. The van der Waals surface area contributed by atoms with Crippen molar-refractivity contribution in [1.82, 2.24) is 19.6 Å². The molecule has 0 aliphatic heterocycles. The lowest BCUT2D eigenvalue weighted by Gasteiger charge is -1.99. The molecule has 0 aliphatic rings. The van der Waals surface area contributed by atoms with Gasteiger partial charge in [-0.3, -0.25) is 0 Å². The molecular formula is C20H18N6O8S2. The molecule has 14 nitrogen and oxygen atoms in total. The zero-order valence-electron chi connectivity index (χ0n) is 18.7. The summed E-state index contributed by atoms with van der Waals surface area (Å²) in [7, 11) is -6.50. The van der Waals surface area contributed by atoms with Crippen molar-refractivity contribution in [2.24, 2.45) is 0 Å². The maximum absolute atomic E-state index is 11.3. The molecular weight excluding hydrogens is 516 g/mol. The molecule has 0 spiro atoms. The summed E-state index contributed by atoms with van der Waals surface area (Å²) in [6, 6.07) is 14.4. The second-order valence-corrected chi connectivity index (χ2v) is 11.3. The van der Waals surface area contributed by atoms with E-state index >= 15 is 0 Å². The highest BCUT2D eigenvalue weighted by Gasteiger charge is 2.14. The number of aromatic nitrogens is 4. The van der Waals surface area contributed by atoms with E-state index in [1.54, 1.807) is 0 Å². The van der Waals surface area contributed by atoms with Crippen LogP contribution in [0.25, 0.3) is 11.4 Å². The number of sulfone groups is 2. The van der Waals surface area contributed by atoms with Gasteiger partial charge in [0.2, 0.25) is 0 Å². The Balaban J connectivity index is 0.000000201. The van der Waals surface area contributed by atoms with Crippen LogP contribution in [0.2, 0.25) is 0 Å². The number of rotatable bonds is 6. The normalized spacial score (nSPS) is 11.4. The van der Waals surface area contributed by atoms with Gasteiger partial charge in [0.25, 0.3) is 0 Å². The molecule has 0 atom stereocenters. The SMILES string of the molecule is CS(=O)(=O)c1ccc(-n2ccc([N+](=O)[O-])n2)cc1.CS(=O)(=O)c1ccc(-n2ccc([N+](=O)[O-])n2)cc1. The fraction of sp³-hybridized carbons (Fsp3) is 0.100. The van der Waals surface area contributed by atoms with E-state index < -0.39 is 29.5 Å². The van der Waals surface area contributed by atoms with Gasteiger partial charge < -0.3 is 20.2 Å². The Labute approximate surface area is 204 Å². The molecule has 0 radical (unpaired) electrons. The summed E-state index contributed by atoms with van der Waals surface area (Å²) in [5, 5.41) is 28.4. The van der Waals surface area contributed by atoms with Gasteiger partial charge in [0.05, 0.1) is 55.9 Å². The molecule has 0 N–H and O–H groups in total. The van der Waals surface area contributed by atoms with E-state index in [1.807, 2.05) is 0 Å². The molecule has 2 heterocycles. The summed E-state index contributed by atoms with van der Waals surface area (Å²) in [6.45, 7) is 0. The van der Waals surface area contributed by atoms with Crippen LogP contribution in [0.5, 0.6) is 0 Å². The lowest BCUT2D eigenvalue weighted by Crippen LogP contribution is -1.99. The molecule has 2 aromatic carbocycles. The van der Waals surface area contributed by atoms with Crippen LogP contribution in [0.15, 0.2) is 82.8 Å². The molecule has 0 saturated heterocycles. The highest BCUT2D eigenvalue weighted by molar-refractivity contribution is 7.91. The van der Waals surface area contributed by atoms with Gasteiger partial charge in [-0.15, -0.1) is 9.36 Å². The van der Waals surface area contributed by atoms with Crippen LogP contribution in [-0.2, 0) is 19.7 Å². The summed E-state index contributed by atoms with van der Waals surface area (Å²) < 4.78 is 47.7. The van der Waals surface area contributed by atoms with Gasteiger partial charge in [0.1, 0.15) is 0 Å². The molecule has 0 fully saturated rings. The van der Waals surface area contributed by atoms with Crippen LogP contribution in [0.4, 0.5) is 11.6 Å². The van der Waals surface area contributed by atoms with Gasteiger partial charge in [-0.1, -0.05) is 0 Å². The summed E-state index contributed by atoms with van der Waals surface area (Å²) in [4.78, 5) is 20.1. The van der Waals surface area contributed by atoms with Gasteiger partial charge in [0, 0.05) is 12.5 Å². The standard InChI is InChI=1S/2C10H9N3O4S/c2*1-18(16,17)9-4-2-8(3-5-9)12-7-6-10(11-12)13(14)15/h2*2-7H,1H3. The lowest BCUT2D eigenvalue weighted by molar-refractivity contribution is -0.389. The minimum atomic E-state index is -3.25. The molecule has 0 unspecified atom stereocenters. The van der Waals surface area contributed by atoms with Gasteiger partial charge in [0.15, 0.2) is 19.7 Å². The summed E-state index contributed by atoms with van der Waals surface area (Å²) in [5.74, 6) is -0.524. The average Bonchev–Trinajstić information content (AvgIpc) is 3.49. The van der Waals surface area contributed by atoms with Crippen molar-refractivity contribution < 1.29 is 26.7 Å². The van der Waals surface area contributed by atoms with E-state index in [1.165, 1.54) is 82.4 Å². The number of hydrogen-bond acceptors (Lipinski definition) is 10. The number of nitro groups is 2. The first-order valence-corrected chi connectivity index (χ1v) is 13.5. The largest absolute Gasteiger partial charge is 0.390 e. The smallest absolute Gasteiger partial charge is 0.358 e. The molecule has 188 valence electrons. The van der Waals surface area contributed by atoms with E-state index in [9.17, 15) is 37.1 Å². The molecule has 0 amide bonds. The molecule has 0 aliphatic carbocycles. The zero-order chi connectivity index (χ0) is 26.7. The van der Waals surface area contributed by atoms with Crippen molar-refractivity contribution in [3.8, 4) is 11.4 Å². The van der Waals surface area contributed by atoms with Crippen LogP contribution in [0, 0.1) is 20.2 Å². The molecule has 0 saturated carbocycles. The number of benzene rings is 2. The predicted octanol–water partition coefficient (Wildman–Crippen LogP) is 2.37. The maximum atomic E-state index is 11.3. The first-order chi connectivity index (χ1) is 16.8. The predicted molar refractivity (Wildman–Crippen MR) is 127 cm³/mol. The van der Waals surface area contributed by atoms with E-state index in [4.69, 9.17) is 0 Å². The van der Waals surface area contributed by atoms with Crippen LogP contribution in [-0.4, -0.2) is 58.8 Å². The first-order valence-electron chi connectivity index (χ1n) is 9.77. The van der Waals surface area contributed by atoms with Crippen molar-refractivity contribution in [3.05, 3.63) is 93.3 Å². The van der Waals surface area contributed by atoms with Crippen molar-refractivity contribution in [2.45, 2.75) is 9.79 Å². The number of hydrogen-bond donors (Lipinski definition) is 0. The molecule has 16 heteroatoms. The van der Waals surface area contributed by atoms with Crippen LogP contribution >= 0.6 is 0 Å². The second kappa shape index (κ2) is 10.0. The van der Waals surface area contributed by atoms with Gasteiger partial charge >= 0.3 is 11.6 Å². The second-order valence-electron chi connectivity index (χ2n) is 7.28. The summed E-state index contributed by atoms with van der Waals surface area (Å²) >= 11 is 0. The summed E-state index contributed by atoms with van der Waals surface area (Å²) in [6.07, 6.45) is 5.10. The van der Waals surface area contributed by atoms with Crippen molar-refractivity contribution in [3.63, 3.8) is 0 Å². The maximum Gasteiger partial charge on any atom is 0.390 e. The Morgan fingerprint density at radius 3 is 1.14 bits per heavy atom. The van der Waals surface area contributed by atoms with Gasteiger partial charge in [-0.2, -0.15) is 0 Å². The third kappa shape index (κ3) is 6.36. The van der Waals surface area contributed by atoms with Gasteiger partial charge in [-0.05, 0) is 58.4 Å². The Morgan fingerprint density at radius 1 is 0.611 bits per heavy atom. The fourth-order valence-corrected chi connectivity index (χ4v) is 4.06. The monoisotopic (exact) mass is 534 g/mol. The van der Waals surface area contributed by atoms with Crippen molar-refractivity contribution >= 4 is 31.3 Å². The third-order valence-corrected chi connectivity index (χ3v) is 6.84. The first kappa shape index (κ1) is 26.2. The molecule has 36 heavy (non-hydrogen) atoms. The summed E-state index contributed by atoms with van der Waals surface area (Å²) in [5.41, 5.74) is 1.10. The van der Waals surface area contributed by atoms with Crippen molar-refractivity contribution in [1.29, 1.82) is 0 Å². The average molecular weight is 535 g/mol. The van der Waals surface area contributed by atoms with Crippen LogP contribution < -0.4 is 0 Å². The zero-order valence-corrected chi connectivity index (χ0v) is 20.3. The van der Waals surface area contributed by atoms with E-state index in [2.05, 4.69) is 10.2 Å².